The van der Waals surface area contributed by atoms with Crippen molar-refractivity contribution in [1.82, 2.24) is 14.9 Å². The first-order valence-corrected chi connectivity index (χ1v) is 6.59. The lowest BCUT2D eigenvalue weighted by Gasteiger charge is -2.29. The molecule has 0 saturated carbocycles. The first-order valence-electron chi connectivity index (χ1n) is 6.59. The smallest absolute Gasteiger partial charge is 0.0544 e. The molecule has 0 aliphatic carbocycles. The van der Waals surface area contributed by atoms with Crippen molar-refractivity contribution < 1.29 is 0 Å². The Hall–Kier alpha value is -1.78. The Bertz CT molecular complexity index is 472. The van der Waals surface area contributed by atoms with Gasteiger partial charge < -0.3 is 5.73 Å². The van der Waals surface area contributed by atoms with Gasteiger partial charge in [0.15, 0.2) is 0 Å². The average Bonchev–Trinajstić information content (AvgIpc) is 2.49. The molecule has 100 valence electrons. The van der Waals surface area contributed by atoms with Crippen molar-refractivity contribution in [2.45, 2.75) is 19.5 Å². The molecule has 2 heterocycles. The van der Waals surface area contributed by atoms with Crippen molar-refractivity contribution in [3.8, 4) is 0 Å². The van der Waals surface area contributed by atoms with Gasteiger partial charge in [0.1, 0.15) is 0 Å². The topological polar surface area (TPSA) is 55.0 Å². The van der Waals surface area contributed by atoms with Crippen molar-refractivity contribution in [3.63, 3.8) is 0 Å². The van der Waals surface area contributed by atoms with E-state index in [1.807, 2.05) is 36.7 Å². The van der Waals surface area contributed by atoms with Crippen LogP contribution in [-0.4, -0.2) is 28.0 Å². The summed E-state index contributed by atoms with van der Waals surface area (Å²) in [5.74, 6) is 0. The van der Waals surface area contributed by atoms with Crippen LogP contribution in [0, 0.1) is 0 Å². The summed E-state index contributed by atoms with van der Waals surface area (Å²) < 4.78 is 0. The Balaban J connectivity index is 2.15. The Morgan fingerprint density at radius 2 is 2.11 bits per heavy atom. The molecule has 0 radical (unpaired) electrons. The SMILES string of the molecule is CCN(Cc1ccccn1)C(CN)c1cccnc1. The fourth-order valence-corrected chi connectivity index (χ4v) is 2.21. The van der Waals surface area contributed by atoms with Crippen LogP contribution in [0.15, 0.2) is 48.9 Å². The molecule has 0 spiro atoms. The Kier molecular flexibility index (Phi) is 5.01. The zero-order chi connectivity index (χ0) is 13.5. The zero-order valence-corrected chi connectivity index (χ0v) is 11.2. The highest BCUT2D eigenvalue weighted by molar-refractivity contribution is 5.15. The largest absolute Gasteiger partial charge is 0.329 e. The molecule has 2 rings (SSSR count). The van der Waals surface area contributed by atoms with Crippen LogP contribution in [0.1, 0.15) is 24.2 Å². The third kappa shape index (κ3) is 3.59. The van der Waals surface area contributed by atoms with Gasteiger partial charge in [-0.2, -0.15) is 0 Å². The van der Waals surface area contributed by atoms with E-state index in [0.29, 0.717) is 6.54 Å². The van der Waals surface area contributed by atoms with E-state index in [-0.39, 0.29) is 6.04 Å². The minimum Gasteiger partial charge on any atom is -0.329 e. The van der Waals surface area contributed by atoms with Gasteiger partial charge in [-0.1, -0.05) is 19.1 Å². The van der Waals surface area contributed by atoms with Crippen LogP contribution in [0.2, 0.25) is 0 Å². The van der Waals surface area contributed by atoms with Gasteiger partial charge in [0.05, 0.1) is 5.69 Å². The van der Waals surface area contributed by atoms with E-state index in [4.69, 9.17) is 5.73 Å². The summed E-state index contributed by atoms with van der Waals surface area (Å²) in [6.07, 6.45) is 5.50. The predicted octanol–water partition coefficient (Wildman–Crippen LogP) is 2.00. The summed E-state index contributed by atoms with van der Waals surface area (Å²) in [5, 5.41) is 0. The molecule has 0 aliphatic heterocycles. The molecule has 19 heavy (non-hydrogen) atoms. The minimum absolute atomic E-state index is 0.181. The van der Waals surface area contributed by atoms with Gasteiger partial charge in [-0.05, 0) is 30.3 Å². The molecule has 1 unspecified atom stereocenters. The lowest BCUT2D eigenvalue weighted by molar-refractivity contribution is 0.201. The van der Waals surface area contributed by atoms with E-state index in [2.05, 4.69) is 27.9 Å². The molecule has 0 saturated heterocycles. The molecule has 1 atom stereocenters. The normalized spacial score (nSPS) is 12.6. The molecule has 2 N–H and O–H groups in total. The fourth-order valence-electron chi connectivity index (χ4n) is 2.21. The maximum atomic E-state index is 5.95. The zero-order valence-electron chi connectivity index (χ0n) is 11.2. The third-order valence-corrected chi connectivity index (χ3v) is 3.23. The first-order chi connectivity index (χ1) is 9.35. The Labute approximate surface area is 114 Å². The van der Waals surface area contributed by atoms with Crippen LogP contribution < -0.4 is 5.73 Å². The maximum absolute atomic E-state index is 5.95. The van der Waals surface area contributed by atoms with E-state index >= 15 is 0 Å². The van der Waals surface area contributed by atoms with Gasteiger partial charge in [-0.3, -0.25) is 14.9 Å². The van der Waals surface area contributed by atoms with E-state index in [1.165, 1.54) is 0 Å². The van der Waals surface area contributed by atoms with Crippen molar-refractivity contribution in [2.75, 3.05) is 13.1 Å². The molecule has 0 aliphatic rings. The first kappa shape index (κ1) is 13.6. The second-order valence-corrected chi connectivity index (χ2v) is 4.42. The summed E-state index contributed by atoms with van der Waals surface area (Å²) in [6.45, 7) is 4.44. The lowest BCUT2D eigenvalue weighted by Crippen LogP contribution is -2.33. The predicted molar refractivity (Wildman–Crippen MR) is 76.4 cm³/mol. The molecule has 0 amide bonds. The van der Waals surface area contributed by atoms with E-state index < -0.39 is 0 Å². The number of pyridine rings is 2. The summed E-state index contributed by atoms with van der Waals surface area (Å²) >= 11 is 0. The molecular formula is C15H20N4. The highest BCUT2D eigenvalue weighted by Gasteiger charge is 2.18. The Morgan fingerprint density at radius 1 is 1.21 bits per heavy atom. The van der Waals surface area contributed by atoms with E-state index in [1.54, 1.807) is 6.20 Å². The number of nitrogens with two attached hydrogens (primary N) is 1. The van der Waals surface area contributed by atoms with Gasteiger partial charge in [0, 0.05) is 37.7 Å². The van der Waals surface area contributed by atoms with Crippen LogP contribution in [0.3, 0.4) is 0 Å². The summed E-state index contributed by atoms with van der Waals surface area (Å²) in [7, 11) is 0. The summed E-state index contributed by atoms with van der Waals surface area (Å²) in [6, 6.07) is 10.2. The van der Waals surface area contributed by atoms with Crippen LogP contribution in [0.5, 0.6) is 0 Å². The second-order valence-electron chi connectivity index (χ2n) is 4.42. The molecule has 2 aromatic heterocycles. The van der Waals surface area contributed by atoms with Gasteiger partial charge in [-0.15, -0.1) is 0 Å². The quantitative estimate of drug-likeness (QED) is 0.859. The maximum Gasteiger partial charge on any atom is 0.0544 e. The average molecular weight is 256 g/mol. The van der Waals surface area contributed by atoms with Crippen molar-refractivity contribution in [2.24, 2.45) is 5.73 Å². The van der Waals surface area contributed by atoms with Crippen molar-refractivity contribution >= 4 is 0 Å². The van der Waals surface area contributed by atoms with Crippen LogP contribution in [0.25, 0.3) is 0 Å². The van der Waals surface area contributed by atoms with Gasteiger partial charge in [0.2, 0.25) is 0 Å². The number of aromatic nitrogens is 2. The minimum atomic E-state index is 0.181. The van der Waals surface area contributed by atoms with Gasteiger partial charge in [-0.25, -0.2) is 0 Å². The summed E-state index contributed by atoms with van der Waals surface area (Å²) in [5.41, 5.74) is 8.16. The van der Waals surface area contributed by atoms with Crippen molar-refractivity contribution in [3.05, 3.63) is 60.2 Å². The number of rotatable bonds is 6. The molecule has 0 fully saturated rings. The second kappa shape index (κ2) is 6.97. The highest BCUT2D eigenvalue weighted by atomic mass is 15.2. The fraction of sp³-hybridized carbons (Fsp3) is 0.333. The van der Waals surface area contributed by atoms with Crippen LogP contribution >= 0.6 is 0 Å². The molecule has 2 aromatic rings. The number of likely N-dealkylation sites (N-methyl/N-ethyl adjacent to an activating group) is 1. The standard InChI is InChI=1S/C15H20N4/c1-2-19(12-14-7-3-4-9-18-14)15(10-16)13-6-5-8-17-11-13/h3-9,11,15H,2,10,12,16H2,1H3. The summed E-state index contributed by atoms with van der Waals surface area (Å²) in [4.78, 5) is 10.9. The molecule has 0 aromatic carbocycles. The van der Waals surface area contributed by atoms with E-state index in [0.717, 1.165) is 24.3 Å². The molecule has 4 nitrogen and oxygen atoms in total. The monoisotopic (exact) mass is 256 g/mol. The molecule has 4 heteroatoms. The van der Waals surface area contributed by atoms with E-state index in [9.17, 15) is 0 Å². The van der Waals surface area contributed by atoms with Crippen LogP contribution in [0.4, 0.5) is 0 Å². The third-order valence-electron chi connectivity index (χ3n) is 3.23. The molecular weight excluding hydrogens is 236 g/mol. The highest BCUT2D eigenvalue weighted by Crippen LogP contribution is 2.20. The Morgan fingerprint density at radius 3 is 2.68 bits per heavy atom. The lowest BCUT2D eigenvalue weighted by atomic mass is 10.1. The van der Waals surface area contributed by atoms with Crippen molar-refractivity contribution in [1.29, 1.82) is 0 Å². The van der Waals surface area contributed by atoms with Gasteiger partial charge in [0.25, 0.3) is 0 Å². The van der Waals surface area contributed by atoms with Gasteiger partial charge >= 0.3 is 0 Å². The number of hydrogen-bond acceptors (Lipinski definition) is 4. The van der Waals surface area contributed by atoms with Crippen LogP contribution in [-0.2, 0) is 6.54 Å². The number of nitrogens with zero attached hydrogens (tertiary/aromatic N) is 3. The number of hydrogen-bond donors (Lipinski definition) is 1. The molecule has 0 bridgehead atoms.